The molecule has 1 saturated heterocycles. The largest absolute Gasteiger partial charge is 0.494 e. The van der Waals surface area contributed by atoms with Crippen LogP contribution in [0.25, 0.3) is 0 Å². The maximum absolute atomic E-state index is 13.2. The summed E-state index contributed by atoms with van der Waals surface area (Å²) in [5, 5.41) is 6.35. The van der Waals surface area contributed by atoms with E-state index in [4.69, 9.17) is 4.74 Å². The number of anilines is 1. The number of ether oxygens (including phenoxy) is 1. The van der Waals surface area contributed by atoms with E-state index in [1.54, 1.807) is 24.3 Å². The smallest absolute Gasteiger partial charge is 0.256 e. The molecule has 7 nitrogen and oxygen atoms in total. The van der Waals surface area contributed by atoms with Gasteiger partial charge in [-0.1, -0.05) is 6.92 Å². The van der Waals surface area contributed by atoms with E-state index in [0.717, 1.165) is 29.7 Å². The van der Waals surface area contributed by atoms with E-state index in [-0.39, 0.29) is 29.4 Å². The highest BCUT2D eigenvalue weighted by molar-refractivity contribution is 7.91. The molecule has 0 saturated carbocycles. The number of nitrogens with one attached hydrogen (secondary N) is 2. The minimum atomic E-state index is -3.10. The molecule has 4 rings (SSSR count). The molecule has 1 aromatic heterocycles. The minimum Gasteiger partial charge on any atom is -0.494 e. The van der Waals surface area contributed by atoms with E-state index in [1.165, 1.54) is 11.3 Å². The number of carbonyl (C=O) groups is 2. The van der Waals surface area contributed by atoms with Crippen molar-refractivity contribution in [2.75, 3.05) is 23.4 Å². The van der Waals surface area contributed by atoms with Crippen molar-refractivity contribution >= 4 is 38.0 Å². The fourth-order valence-electron chi connectivity index (χ4n) is 4.29. The van der Waals surface area contributed by atoms with Gasteiger partial charge < -0.3 is 15.4 Å². The monoisotopic (exact) mass is 476 g/mol. The van der Waals surface area contributed by atoms with Gasteiger partial charge in [-0.2, -0.15) is 0 Å². The van der Waals surface area contributed by atoms with Crippen LogP contribution < -0.4 is 15.4 Å². The van der Waals surface area contributed by atoms with Gasteiger partial charge in [0.15, 0.2) is 9.84 Å². The van der Waals surface area contributed by atoms with Crippen molar-refractivity contribution < 1.29 is 22.7 Å². The van der Waals surface area contributed by atoms with E-state index in [2.05, 4.69) is 17.6 Å². The molecule has 2 N–H and O–H groups in total. The molecule has 0 spiro atoms. The second-order valence-corrected chi connectivity index (χ2v) is 11.9. The van der Waals surface area contributed by atoms with Crippen LogP contribution in [0.15, 0.2) is 24.3 Å². The van der Waals surface area contributed by atoms with Crippen molar-refractivity contribution in [2.24, 2.45) is 5.92 Å². The Morgan fingerprint density at radius 3 is 2.56 bits per heavy atom. The molecule has 2 aliphatic rings. The summed E-state index contributed by atoms with van der Waals surface area (Å²) in [5.74, 6) is 0.676. The highest BCUT2D eigenvalue weighted by atomic mass is 32.2. The summed E-state index contributed by atoms with van der Waals surface area (Å²) in [4.78, 5) is 27.2. The summed E-state index contributed by atoms with van der Waals surface area (Å²) in [6, 6.07) is 6.49. The number of thiophene rings is 1. The molecule has 2 unspecified atom stereocenters. The molecule has 1 fully saturated rings. The predicted molar refractivity (Wildman–Crippen MR) is 126 cm³/mol. The normalized spacial score (nSPS) is 21.6. The number of amides is 2. The Labute approximate surface area is 192 Å². The molecule has 0 bridgehead atoms. The summed E-state index contributed by atoms with van der Waals surface area (Å²) in [6.45, 7) is 4.63. The molecule has 2 heterocycles. The Balaban J connectivity index is 1.58. The van der Waals surface area contributed by atoms with Crippen molar-refractivity contribution in [1.29, 1.82) is 0 Å². The first-order valence-electron chi connectivity index (χ1n) is 11.0. The fourth-order valence-corrected chi connectivity index (χ4v) is 7.37. The zero-order valence-corrected chi connectivity index (χ0v) is 19.9. The van der Waals surface area contributed by atoms with Crippen LogP contribution in [0.4, 0.5) is 5.00 Å². The van der Waals surface area contributed by atoms with Gasteiger partial charge in [-0.25, -0.2) is 8.42 Å². The van der Waals surface area contributed by atoms with Crippen LogP contribution >= 0.6 is 11.3 Å². The van der Waals surface area contributed by atoms with Gasteiger partial charge in [-0.15, -0.1) is 11.3 Å². The summed E-state index contributed by atoms with van der Waals surface area (Å²) >= 11 is 1.45. The molecule has 2 amide bonds. The fraction of sp³-hybridized carbons (Fsp3) is 0.478. The second-order valence-electron chi connectivity index (χ2n) is 8.54. The number of hydrogen-bond donors (Lipinski definition) is 2. The maximum atomic E-state index is 13.2. The van der Waals surface area contributed by atoms with Crippen LogP contribution in [0.5, 0.6) is 5.75 Å². The minimum absolute atomic E-state index is 0.0318. The number of rotatable bonds is 6. The van der Waals surface area contributed by atoms with Crippen LogP contribution in [0.2, 0.25) is 0 Å². The maximum Gasteiger partial charge on any atom is 0.256 e. The van der Waals surface area contributed by atoms with Gasteiger partial charge in [0.2, 0.25) is 0 Å². The Kier molecular flexibility index (Phi) is 6.57. The number of hydrogen-bond acceptors (Lipinski definition) is 6. The lowest BCUT2D eigenvalue weighted by Gasteiger charge is -2.19. The van der Waals surface area contributed by atoms with Crippen LogP contribution in [0, 0.1) is 5.92 Å². The van der Waals surface area contributed by atoms with Crippen molar-refractivity contribution in [3.63, 3.8) is 0 Å². The highest BCUT2D eigenvalue weighted by Gasteiger charge is 2.33. The summed E-state index contributed by atoms with van der Waals surface area (Å²) in [6.07, 6.45) is 3.05. The van der Waals surface area contributed by atoms with Gasteiger partial charge in [0.25, 0.3) is 11.8 Å². The van der Waals surface area contributed by atoms with Crippen LogP contribution in [0.1, 0.15) is 57.8 Å². The Morgan fingerprint density at radius 1 is 1.16 bits per heavy atom. The van der Waals surface area contributed by atoms with E-state index in [1.807, 2.05) is 6.92 Å². The van der Waals surface area contributed by atoms with Gasteiger partial charge in [-0.3, -0.25) is 9.59 Å². The lowest BCUT2D eigenvalue weighted by Crippen LogP contribution is -2.36. The average Bonchev–Trinajstić information content (AvgIpc) is 3.26. The Bertz CT molecular complexity index is 1120. The molecule has 1 aromatic carbocycles. The van der Waals surface area contributed by atoms with Crippen molar-refractivity contribution in [3.05, 3.63) is 45.8 Å². The van der Waals surface area contributed by atoms with Gasteiger partial charge in [-0.05, 0) is 68.4 Å². The van der Waals surface area contributed by atoms with Crippen molar-refractivity contribution in [1.82, 2.24) is 5.32 Å². The van der Waals surface area contributed by atoms with E-state index in [0.29, 0.717) is 40.8 Å². The molecule has 0 radical (unpaired) electrons. The van der Waals surface area contributed by atoms with Gasteiger partial charge >= 0.3 is 0 Å². The summed E-state index contributed by atoms with van der Waals surface area (Å²) in [5.41, 5.74) is 1.94. The van der Waals surface area contributed by atoms with E-state index >= 15 is 0 Å². The molecule has 1 aliphatic carbocycles. The molecule has 1 aliphatic heterocycles. The predicted octanol–water partition coefficient (Wildman–Crippen LogP) is 3.44. The van der Waals surface area contributed by atoms with Crippen molar-refractivity contribution in [2.45, 2.75) is 45.6 Å². The molecule has 172 valence electrons. The third kappa shape index (κ3) is 4.99. The zero-order chi connectivity index (χ0) is 22.9. The first-order chi connectivity index (χ1) is 15.3. The Hall–Kier alpha value is -2.39. The van der Waals surface area contributed by atoms with Gasteiger partial charge in [0.1, 0.15) is 10.8 Å². The highest BCUT2D eigenvalue weighted by Crippen LogP contribution is 2.40. The lowest BCUT2D eigenvalue weighted by atomic mass is 9.88. The molecule has 2 aromatic rings. The average molecular weight is 477 g/mol. The third-order valence-corrected chi connectivity index (χ3v) is 8.90. The quantitative estimate of drug-likeness (QED) is 0.665. The number of benzene rings is 1. The molecule has 2 atom stereocenters. The number of fused-ring (bicyclic) bond motifs is 1. The van der Waals surface area contributed by atoms with Crippen LogP contribution in [0.3, 0.4) is 0 Å². The lowest BCUT2D eigenvalue weighted by molar-refractivity contribution is 0.0941. The molecule has 9 heteroatoms. The Morgan fingerprint density at radius 2 is 1.91 bits per heavy atom. The third-order valence-electron chi connectivity index (χ3n) is 5.96. The first kappa shape index (κ1) is 22.8. The van der Waals surface area contributed by atoms with Gasteiger partial charge in [0.05, 0.1) is 23.7 Å². The van der Waals surface area contributed by atoms with Crippen molar-refractivity contribution in [3.8, 4) is 5.75 Å². The summed E-state index contributed by atoms with van der Waals surface area (Å²) in [7, 11) is -3.10. The van der Waals surface area contributed by atoms with Gasteiger partial charge in [0, 0.05) is 16.5 Å². The second kappa shape index (κ2) is 9.23. The number of sulfone groups is 1. The van der Waals surface area contributed by atoms with Crippen LogP contribution in [-0.4, -0.2) is 44.4 Å². The molecular weight excluding hydrogens is 448 g/mol. The molecule has 32 heavy (non-hydrogen) atoms. The standard InChI is InChI=1S/C23H28N2O5S2/c1-3-30-17-7-5-15(6-8-17)21(26)25-23-20(18-9-4-14(2)12-19(18)31-23)22(27)24-16-10-11-32(28,29)13-16/h5-8,14,16H,3-4,9-13H2,1-2H3,(H,24,27)(H,25,26). The summed E-state index contributed by atoms with van der Waals surface area (Å²) < 4.78 is 29.0. The first-order valence-corrected chi connectivity index (χ1v) is 13.6. The van der Waals surface area contributed by atoms with E-state index < -0.39 is 9.84 Å². The van der Waals surface area contributed by atoms with Crippen LogP contribution in [-0.2, 0) is 22.7 Å². The topological polar surface area (TPSA) is 102 Å². The molecular formula is C23H28N2O5S2. The van der Waals surface area contributed by atoms with E-state index in [9.17, 15) is 18.0 Å². The zero-order valence-electron chi connectivity index (χ0n) is 18.3. The SMILES string of the molecule is CCOc1ccc(C(=O)Nc2sc3c(c2C(=O)NC2CCS(=O)(=O)C2)CCC(C)C3)cc1. The number of carbonyl (C=O) groups excluding carboxylic acids is 2.